The van der Waals surface area contributed by atoms with Crippen LogP contribution >= 0.6 is 11.8 Å². The van der Waals surface area contributed by atoms with Crippen LogP contribution in [0.4, 0.5) is 10.6 Å². The van der Waals surface area contributed by atoms with Gasteiger partial charge >= 0.3 is 6.03 Å². The number of likely N-dealkylation sites (tertiary alicyclic amines) is 1. The van der Waals surface area contributed by atoms with Crippen molar-refractivity contribution in [1.82, 2.24) is 14.7 Å². The van der Waals surface area contributed by atoms with Crippen LogP contribution in [0, 0.1) is 19.8 Å². The van der Waals surface area contributed by atoms with Crippen molar-refractivity contribution in [1.29, 1.82) is 0 Å². The summed E-state index contributed by atoms with van der Waals surface area (Å²) in [6.07, 6.45) is 1.05. The van der Waals surface area contributed by atoms with E-state index in [2.05, 4.69) is 41.6 Å². The second kappa shape index (κ2) is 8.74. The predicted molar refractivity (Wildman–Crippen MR) is 119 cm³/mol. The number of nitrogens with zero attached hydrogens (tertiary/aromatic N) is 3. The molecule has 150 valence electrons. The van der Waals surface area contributed by atoms with Crippen molar-refractivity contribution in [3.05, 3.63) is 71.9 Å². The first kappa shape index (κ1) is 19.6. The summed E-state index contributed by atoms with van der Waals surface area (Å²) < 4.78 is 1.80. The quantitative estimate of drug-likeness (QED) is 0.597. The first-order chi connectivity index (χ1) is 14.1. The van der Waals surface area contributed by atoms with Gasteiger partial charge in [-0.05, 0) is 50.5 Å². The lowest BCUT2D eigenvalue weighted by atomic mass is 10.2. The van der Waals surface area contributed by atoms with E-state index in [9.17, 15) is 4.79 Å². The monoisotopic (exact) mass is 406 g/mol. The van der Waals surface area contributed by atoms with Crippen LogP contribution in [0.25, 0.3) is 5.69 Å². The Labute approximate surface area is 176 Å². The molecule has 1 aromatic heterocycles. The first-order valence-electron chi connectivity index (χ1n) is 9.96. The maximum absolute atomic E-state index is 12.8. The summed E-state index contributed by atoms with van der Waals surface area (Å²) in [5.74, 6) is 2.27. The van der Waals surface area contributed by atoms with Gasteiger partial charge in [0.1, 0.15) is 5.82 Å². The number of aryl methyl sites for hydroxylation is 2. The molecule has 1 aliphatic heterocycles. The zero-order chi connectivity index (χ0) is 20.2. The molecule has 2 aromatic carbocycles. The number of urea groups is 1. The second-order valence-corrected chi connectivity index (χ2v) is 8.67. The largest absolute Gasteiger partial charge is 0.324 e. The molecule has 0 spiro atoms. The highest BCUT2D eigenvalue weighted by atomic mass is 32.2. The van der Waals surface area contributed by atoms with Gasteiger partial charge in [-0.3, -0.25) is 5.32 Å². The molecule has 29 heavy (non-hydrogen) atoms. The van der Waals surface area contributed by atoms with E-state index in [1.54, 1.807) is 4.68 Å². The predicted octanol–water partition coefficient (Wildman–Crippen LogP) is 5.14. The Kier molecular flexibility index (Phi) is 5.90. The number of rotatable bonds is 5. The molecule has 2 amide bonds. The third-order valence-electron chi connectivity index (χ3n) is 5.15. The van der Waals surface area contributed by atoms with Crippen LogP contribution in [0.15, 0.2) is 65.6 Å². The summed E-state index contributed by atoms with van der Waals surface area (Å²) in [5, 5.41) is 7.61. The maximum Gasteiger partial charge on any atom is 0.323 e. The molecule has 3 aromatic rings. The molecule has 6 heteroatoms. The van der Waals surface area contributed by atoms with Crippen molar-refractivity contribution in [3.8, 4) is 5.69 Å². The van der Waals surface area contributed by atoms with Crippen molar-refractivity contribution < 1.29 is 4.79 Å². The van der Waals surface area contributed by atoms with Crippen LogP contribution in [-0.2, 0) is 0 Å². The van der Waals surface area contributed by atoms with E-state index in [0.29, 0.717) is 11.7 Å². The van der Waals surface area contributed by atoms with Gasteiger partial charge in [0.05, 0.1) is 11.4 Å². The first-order valence-corrected chi connectivity index (χ1v) is 10.9. The van der Waals surface area contributed by atoms with Crippen molar-refractivity contribution >= 4 is 23.6 Å². The minimum atomic E-state index is -0.0505. The number of anilines is 1. The van der Waals surface area contributed by atoms with Gasteiger partial charge in [-0.15, -0.1) is 11.8 Å². The Morgan fingerprint density at radius 2 is 1.90 bits per heavy atom. The van der Waals surface area contributed by atoms with Crippen molar-refractivity contribution in [2.45, 2.75) is 25.2 Å². The molecule has 1 aliphatic rings. The van der Waals surface area contributed by atoms with Gasteiger partial charge in [-0.1, -0.05) is 35.9 Å². The van der Waals surface area contributed by atoms with E-state index in [0.717, 1.165) is 36.6 Å². The van der Waals surface area contributed by atoms with E-state index in [4.69, 9.17) is 0 Å². The molecule has 0 saturated carbocycles. The summed E-state index contributed by atoms with van der Waals surface area (Å²) in [5.41, 5.74) is 3.01. The molecule has 1 fully saturated rings. The van der Waals surface area contributed by atoms with Gasteiger partial charge in [0.15, 0.2) is 0 Å². The summed E-state index contributed by atoms with van der Waals surface area (Å²) in [7, 11) is 0. The molecule has 4 rings (SSSR count). The summed E-state index contributed by atoms with van der Waals surface area (Å²) in [4.78, 5) is 16.0. The lowest BCUT2D eigenvalue weighted by molar-refractivity contribution is 0.221. The van der Waals surface area contributed by atoms with Crippen LogP contribution in [-0.4, -0.2) is 39.6 Å². The lowest BCUT2D eigenvalue weighted by Crippen LogP contribution is -2.33. The topological polar surface area (TPSA) is 50.2 Å². The van der Waals surface area contributed by atoms with Crippen LogP contribution in [0.5, 0.6) is 0 Å². The fourth-order valence-corrected chi connectivity index (χ4v) is 4.59. The molecule has 1 atom stereocenters. The number of carbonyl (C=O) groups is 1. The molecule has 2 heterocycles. The average Bonchev–Trinajstić information content (AvgIpc) is 3.34. The lowest BCUT2D eigenvalue weighted by Gasteiger charge is -2.18. The number of hydrogen-bond acceptors (Lipinski definition) is 3. The van der Waals surface area contributed by atoms with Gasteiger partial charge in [0.25, 0.3) is 0 Å². The van der Waals surface area contributed by atoms with Gasteiger partial charge in [0.2, 0.25) is 0 Å². The van der Waals surface area contributed by atoms with Crippen molar-refractivity contribution in [3.63, 3.8) is 0 Å². The van der Waals surface area contributed by atoms with Crippen LogP contribution in [0.2, 0.25) is 0 Å². The Morgan fingerprint density at radius 3 is 2.66 bits per heavy atom. The van der Waals surface area contributed by atoms with Crippen LogP contribution in [0.1, 0.15) is 17.7 Å². The smallest absolute Gasteiger partial charge is 0.323 e. The molecule has 1 saturated heterocycles. The van der Waals surface area contributed by atoms with E-state index in [-0.39, 0.29) is 6.03 Å². The SMILES string of the molecule is Cc1ccc(-n2nc(C)cc2NC(=O)N2CC[C@H](CSc3ccccc3)C2)cc1. The fraction of sp³-hybridized carbons (Fsp3) is 0.304. The van der Waals surface area contributed by atoms with E-state index in [1.165, 1.54) is 10.5 Å². The van der Waals surface area contributed by atoms with Crippen molar-refractivity contribution in [2.24, 2.45) is 5.92 Å². The summed E-state index contributed by atoms with van der Waals surface area (Å²) in [6.45, 7) is 5.58. The van der Waals surface area contributed by atoms with Gasteiger partial charge in [-0.2, -0.15) is 5.10 Å². The van der Waals surface area contributed by atoms with E-state index in [1.807, 2.05) is 60.0 Å². The Bertz CT molecular complexity index is 968. The Morgan fingerprint density at radius 1 is 1.14 bits per heavy atom. The molecular weight excluding hydrogens is 380 g/mol. The second-order valence-electron chi connectivity index (χ2n) is 7.57. The number of hydrogen-bond donors (Lipinski definition) is 1. The van der Waals surface area contributed by atoms with Crippen molar-refractivity contribution in [2.75, 3.05) is 24.2 Å². The zero-order valence-electron chi connectivity index (χ0n) is 16.8. The van der Waals surface area contributed by atoms with Gasteiger partial charge in [0, 0.05) is 29.8 Å². The summed E-state index contributed by atoms with van der Waals surface area (Å²) >= 11 is 1.87. The van der Waals surface area contributed by atoms with Crippen LogP contribution < -0.4 is 5.32 Å². The third kappa shape index (κ3) is 4.82. The highest BCUT2D eigenvalue weighted by Crippen LogP contribution is 2.26. The fourth-order valence-electron chi connectivity index (χ4n) is 3.54. The molecule has 0 unspecified atom stereocenters. The Balaban J connectivity index is 1.37. The van der Waals surface area contributed by atoms with E-state index >= 15 is 0 Å². The molecule has 0 aliphatic carbocycles. The molecule has 1 N–H and O–H groups in total. The number of thioether (sulfide) groups is 1. The molecule has 0 bridgehead atoms. The molecular formula is C23H26N4OS. The normalized spacial score (nSPS) is 16.2. The number of aromatic nitrogens is 2. The molecule has 0 radical (unpaired) electrons. The highest BCUT2D eigenvalue weighted by molar-refractivity contribution is 7.99. The number of benzene rings is 2. The summed E-state index contributed by atoms with van der Waals surface area (Å²) in [6, 6.07) is 20.4. The minimum Gasteiger partial charge on any atom is -0.324 e. The number of carbonyl (C=O) groups excluding carboxylic acids is 1. The Hall–Kier alpha value is -2.73. The maximum atomic E-state index is 12.8. The molecule has 5 nitrogen and oxygen atoms in total. The standard InChI is InChI=1S/C23H26N4OS/c1-17-8-10-20(11-9-17)27-22(14-18(2)25-27)24-23(28)26-13-12-19(15-26)16-29-21-6-4-3-5-7-21/h3-11,14,19H,12-13,15-16H2,1-2H3,(H,24,28)/t19-/m0/s1. The minimum absolute atomic E-state index is 0.0505. The third-order valence-corrected chi connectivity index (χ3v) is 6.39. The number of nitrogens with one attached hydrogen (secondary N) is 1. The van der Waals surface area contributed by atoms with E-state index < -0.39 is 0 Å². The van der Waals surface area contributed by atoms with Gasteiger partial charge < -0.3 is 4.90 Å². The zero-order valence-corrected chi connectivity index (χ0v) is 17.7. The number of amides is 2. The van der Waals surface area contributed by atoms with Gasteiger partial charge in [-0.25, -0.2) is 9.48 Å². The average molecular weight is 407 g/mol. The highest BCUT2D eigenvalue weighted by Gasteiger charge is 2.27. The van der Waals surface area contributed by atoms with Crippen LogP contribution in [0.3, 0.4) is 0 Å².